The maximum absolute atomic E-state index is 13.0. The van der Waals surface area contributed by atoms with Crippen molar-refractivity contribution in [2.24, 2.45) is 5.92 Å². The summed E-state index contributed by atoms with van der Waals surface area (Å²) in [7, 11) is 3.03. The standard InChI is InChI=1S/C24H26F2N2O4/c1-27(13-15-6-9-20(32-24(25)26)21(10-15)31-2)23(30)18-12-22(29)28(14-18)19-8-7-16-4-3-5-17(16)11-19/h6-11,18,24H,3-5,12-14H2,1-2H3. The second kappa shape index (κ2) is 9.14. The van der Waals surface area contributed by atoms with E-state index in [0.717, 1.165) is 24.9 Å². The first-order chi connectivity index (χ1) is 15.4. The Morgan fingerprint density at radius 1 is 1.16 bits per heavy atom. The number of amides is 2. The third-order valence-electron chi connectivity index (χ3n) is 6.11. The molecule has 0 saturated carbocycles. The minimum atomic E-state index is -2.95. The molecule has 1 heterocycles. The van der Waals surface area contributed by atoms with Gasteiger partial charge in [-0.15, -0.1) is 0 Å². The molecule has 0 spiro atoms. The Kier molecular flexibility index (Phi) is 6.30. The predicted molar refractivity (Wildman–Crippen MR) is 115 cm³/mol. The second-order valence-corrected chi connectivity index (χ2v) is 8.27. The molecule has 1 aliphatic carbocycles. The molecule has 1 unspecified atom stereocenters. The molecule has 8 heteroatoms. The molecule has 1 aliphatic heterocycles. The number of methoxy groups -OCH3 is 1. The van der Waals surface area contributed by atoms with E-state index in [1.165, 1.54) is 24.3 Å². The van der Waals surface area contributed by atoms with Crippen LogP contribution >= 0.6 is 0 Å². The van der Waals surface area contributed by atoms with Crippen LogP contribution in [0.15, 0.2) is 36.4 Å². The highest BCUT2D eigenvalue weighted by atomic mass is 19.3. The fourth-order valence-electron chi connectivity index (χ4n) is 4.52. The van der Waals surface area contributed by atoms with Crippen LogP contribution in [0.4, 0.5) is 14.5 Å². The smallest absolute Gasteiger partial charge is 0.387 e. The number of benzene rings is 2. The number of carbonyl (C=O) groups is 2. The molecule has 6 nitrogen and oxygen atoms in total. The van der Waals surface area contributed by atoms with Crippen LogP contribution < -0.4 is 14.4 Å². The molecular formula is C24H26F2N2O4. The molecule has 170 valence electrons. The van der Waals surface area contributed by atoms with E-state index >= 15 is 0 Å². The van der Waals surface area contributed by atoms with Gasteiger partial charge in [0.05, 0.1) is 13.0 Å². The predicted octanol–water partition coefficient (Wildman–Crippen LogP) is 3.80. The van der Waals surface area contributed by atoms with E-state index in [4.69, 9.17) is 4.74 Å². The third-order valence-corrected chi connectivity index (χ3v) is 6.11. The van der Waals surface area contributed by atoms with Crippen LogP contribution in [-0.2, 0) is 29.0 Å². The summed E-state index contributed by atoms with van der Waals surface area (Å²) in [6, 6.07) is 10.7. The maximum Gasteiger partial charge on any atom is 0.387 e. The van der Waals surface area contributed by atoms with Crippen LogP contribution in [0.5, 0.6) is 11.5 Å². The van der Waals surface area contributed by atoms with Gasteiger partial charge in [0.15, 0.2) is 11.5 Å². The van der Waals surface area contributed by atoms with E-state index in [0.29, 0.717) is 12.1 Å². The monoisotopic (exact) mass is 444 g/mol. The van der Waals surface area contributed by atoms with Crippen molar-refractivity contribution in [2.45, 2.75) is 38.8 Å². The van der Waals surface area contributed by atoms with E-state index in [1.807, 2.05) is 6.07 Å². The van der Waals surface area contributed by atoms with Gasteiger partial charge in [-0.2, -0.15) is 8.78 Å². The molecular weight excluding hydrogens is 418 g/mol. The fraction of sp³-hybridized carbons (Fsp3) is 0.417. The largest absolute Gasteiger partial charge is 0.493 e. The summed E-state index contributed by atoms with van der Waals surface area (Å²) in [4.78, 5) is 28.9. The van der Waals surface area contributed by atoms with Crippen molar-refractivity contribution in [3.63, 3.8) is 0 Å². The Morgan fingerprint density at radius 2 is 1.94 bits per heavy atom. The SMILES string of the molecule is COc1cc(CN(C)C(=O)C2CC(=O)N(c3ccc4c(c3)CCC4)C2)ccc1OC(F)F. The molecule has 2 aliphatic rings. The highest BCUT2D eigenvalue weighted by Gasteiger charge is 2.36. The lowest BCUT2D eigenvalue weighted by Gasteiger charge is -2.22. The molecule has 2 amide bonds. The zero-order valence-corrected chi connectivity index (χ0v) is 18.1. The maximum atomic E-state index is 13.0. The van der Waals surface area contributed by atoms with Crippen LogP contribution in [0, 0.1) is 5.92 Å². The van der Waals surface area contributed by atoms with Gasteiger partial charge in [-0.1, -0.05) is 12.1 Å². The normalized spacial score (nSPS) is 17.6. The third kappa shape index (κ3) is 4.54. The molecule has 0 radical (unpaired) electrons. The molecule has 1 fully saturated rings. The Morgan fingerprint density at radius 3 is 2.69 bits per heavy atom. The van der Waals surface area contributed by atoms with E-state index in [2.05, 4.69) is 16.9 Å². The number of carbonyl (C=O) groups excluding carboxylic acids is 2. The summed E-state index contributed by atoms with van der Waals surface area (Å²) in [5, 5.41) is 0. The summed E-state index contributed by atoms with van der Waals surface area (Å²) in [5.74, 6) is -0.503. The topological polar surface area (TPSA) is 59.1 Å². The number of alkyl halides is 2. The van der Waals surface area contributed by atoms with E-state index in [1.54, 1.807) is 29.0 Å². The molecule has 4 rings (SSSR count). The lowest BCUT2D eigenvalue weighted by atomic mass is 10.1. The van der Waals surface area contributed by atoms with Crippen LogP contribution in [-0.4, -0.2) is 44.0 Å². The number of hydrogen-bond acceptors (Lipinski definition) is 4. The molecule has 1 atom stereocenters. The average molecular weight is 444 g/mol. The Balaban J connectivity index is 1.41. The fourth-order valence-corrected chi connectivity index (χ4v) is 4.52. The minimum Gasteiger partial charge on any atom is -0.493 e. The summed E-state index contributed by atoms with van der Waals surface area (Å²) in [5.41, 5.74) is 4.19. The van der Waals surface area contributed by atoms with Gasteiger partial charge in [0.2, 0.25) is 11.8 Å². The summed E-state index contributed by atoms with van der Waals surface area (Å²) < 4.78 is 34.6. The summed E-state index contributed by atoms with van der Waals surface area (Å²) in [6.07, 6.45) is 3.42. The van der Waals surface area contributed by atoms with Gasteiger partial charge in [-0.05, 0) is 60.2 Å². The highest BCUT2D eigenvalue weighted by Crippen LogP contribution is 2.32. The van der Waals surface area contributed by atoms with Crippen LogP contribution in [0.2, 0.25) is 0 Å². The average Bonchev–Trinajstić information content (AvgIpc) is 3.39. The van der Waals surface area contributed by atoms with Gasteiger partial charge in [0.1, 0.15) is 0 Å². The molecule has 0 aromatic heterocycles. The van der Waals surface area contributed by atoms with Gasteiger partial charge in [-0.3, -0.25) is 9.59 Å². The highest BCUT2D eigenvalue weighted by molar-refractivity contribution is 6.00. The molecule has 32 heavy (non-hydrogen) atoms. The zero-order valence-electron chi connectivity index (χ0n) is 18.1. The Labute approximate surface area is 185 Å². The van der Waals surface area contributed by atoms with Gasteiger partial charge >= 0.3 is 6.61 Å². The lowest BCUT2D eigenvalue weighted by molar-refractivity contribution is -0.135. The van der Waals surface area contributed by atoms with E-state index < -0.39 is 12.5 Å². The van der Waals surface area contributed by atoms with Gasteiger partial charge in [0.25, 0.3) is 0 Å². The molecule has 2 aromatic carbocycles. The number of aryl methyl sites for hydroxylation is 2. The van der Waals surface area contributed by atoms with Gasteiger partial charge in [0, 0.05) is 32.2 Å². The van der Waals surface area contributed by atoms with Crippen molar-refractivity contribution in [1.82, 2.24) is 4.90 Å². The first-order valence-electron chi connectivity index (χ1n) is 10.6. The lowest BCUT2D eigenvalue weighted by Crippen LogP contribution is -2.34. The first kappa shape index (κ1) is 22.0. The van der Waals surface area contributed by atoms with E-state index in [9.17, 15) is 18.4 Å². The van der Waals surface area contributed by atoms with Crippen molar-refractivity contribution >= 4 is 17.5 Å². The number of anilines is 1. The van der Waals surface area contributed by atoms with Crippen LogP contribution in [0.3, 0.4) is 0 Å². The minimum absolute atomic E-state index is 0.0510. The van der Waals surface area contributed by atoms with Crippen molar-refractivity contribution in [3.8, 4) is 11.5 Å². The number of fused-ring (bicyclic) bond motifs is 1. The summed E-state index contributed by atoms with van der Waals surface area (Å²) >= 11 is 0. The molecule has 0 N–H and O–H groups in total. The van der Waals surface area contributed by atoms with Crippen LogP contribution in [0.25, 0.3) is 0 Å². The number of nitrogens with zero attached hydrogens (tertiary/aromatic N) is 2. The quantitative estimate of drug-likeness (QED) is 0.652. The van der Waals surface area contributed by atoms with Crippen molar-refractivity contribution in [2.75, 3.05) is 25.6 Å². The number of ether oxygens (including phenoxy) is 2. The van der Waals surface area contributed by atoms with Crippen molar-refractivity contribution in [3.05, 3.63) is 53.1 Å². The van der Waals surface area contributed by atoms with Gasteiger partial charge in [-0.25, -0.2) is 0 Å². The molecule has 1 saturated heterocycles. The number of rotatable bonds is 7. The molecule has 0 bridgehead atoms. The number of halogens is 2. The van der Waals surface area contributed by atoms with Crippen LogP contribution in [0.1, 0.15) is 29.5 Å². The van der Waals surface area contributed by atoms with Crippen molar-refractivity contribution < 1.29 is 27.8 Å². The zero-order chi connectivity index (χ0) is 22.8. The summed E-state index contributed by atoms with van der Waals surface area (Å²) in [6.45, 7) is -2.34. The van der Waals surface area contributed by atoms with E-state index in [-0.39, 0.29) is 36.3 Å². The second-order valence-electron chi connectivity index (χ2n) is 8.27. The van der Waals surface area contributed by atoms with Gasteiger partial charge < -0.3 is 19.3 Å². The first-order valence-corrected chi connectivity index (χ1v) is 10.6. The van der Waals surface area contributed by atoms with Crippen molar-refractivity contribution in [1.29, 1.82) is 0 Å². The number of hydrogen-bond donors (Lipinski definition) is 0. The molecule has 2 aromatic rings. The Bertz CT molecular complexity index is 1030. The Hall–Kier alpha value is -3.16.